The van der Waals surface area contributed by atoms with Crippen LogP contribution >= 0.6 is 11.6 Å². The average molecular weight is 498 g/mol. The van der Waals surface area contributed by atoms with E-state index >= 15 is 0 Å². The van der Waals surface area contributed by atoms with Crippen LogP contribution in [-0.2, 0) is 14.1 Å². The van der Waals surface area contributed by atoms with Gasteiger partial charge in [-0.1, -0.05) is 60.1 Å². The van der Waals surface area contributed by atoms with E-state index in [-0.39, 0.29) is 5.56 Å². The second kappa shape index (κ2) is 8.00. The van der Waals surface area contributed by atoms with Crippen molar-refractivity contribution in [1.29, 1.82) is 0 Å². The van der Waals surface area contributed by atoms with E-state index in [9.17, 15) is 9.59 Å². The molecule has 36 heavy (non-hydrogen) atoms. The summed E-state index contributed by atoms with van der Waals surface area (Å²) >= 11 is 6.47. The number of fused-ring (bicyclic) bond motifs is 5. The number of benzene rings is 3. The van der Waals surface area contributed by atoms with E-state index in [1.54, 1.807) is 17.7 Å². The van der Waals surface area contributed by atoms with Crippen LogP contribution in [0, 0.1) is 13.8 Å². The fourth-order valence-corrected chi connectivity index (χ4v) is 5.49. The number of aromatic nitrogens is 3. The van der Waals surface area contributed by atoms with Crippen molar-refractivity contribution in [3.63, 3.8) is 0 Å². The highest BCUT2D eigenvalue weighted by Crippen LogP contribution is 2.48. The van der Waals surface area contributed by atoms with Crippen molar-refractivity contribution in [1.82, 2.24) is 13.7 Å². The molecule has 180 valence electrons. The summed E-state index contributed by atoms with van der Waals surface area (Å²) in [5.41, 5.74) is 5.92. The number of nitrogens with zero attached hydrogens (tertiary/aromatic N) is 3. The zero-order valence-corrected chi connectivity index (χ0v) is 21.1. The van der Waals surface area contributed by atoms with Crippen LogP contribution < -0.4 is 16.0 Å². The molecule has 0 saturated heterocycles. The molecule has 0 saturated carbocycles. The summed E-state index contributed by atoms with van der Waals surface area (Å²) in [5, 5.41) is 1.02. The highest BCUT2D eigenvalue weighted by molar-refractivity contribution is 6.30. The molecule has 0 bridgehead atoms. The molecule has 7 heteroatoms. The smallest absolute Gasteiger partial charge is 0.331 e. The minimum atomic E-state index is -0.544. The van der Waals surface area contributed by atoms with Gasteiger partial charge in [-0.3, -0.25) is 13.9 Å². The molecule has 0 spiro atoms. The Morgan fingerprint density at radius 1 is 0.861 bits per heavy atom. The molecule has 3 heterocycles. The van der Waals surface area contributed by atoms with Gasteiger partial charge in [0.25, 0.3) is 5.56 Å². The standard InChI is InChI=1S/C29H24ClN3O3/c1-16-9-5-7-11-19(16)24-23-25(31(3)29(35)32(4)28(23)34)26-27(20-12-8-6-10-17(20)2)36-22-14-13-18(30)15-21(22)33(24)26/h5-15,27H,1-4H3/t27-/m1/s1. The molecular weight excluding hydrogens is 474 g/mol. The predicted octanol–water partition coefficient (Wildman–Crippen LogP) is 5.45. The Hall–Kier alpha value is -4.03. The fourth-order valence-electron chi connectivity index (χ4n) is 5.32. The number of hydrogen-bond donors (Lipinski definition) is 0. The maximum Gasteiger partial charge on any atom is 0.331 e. The van der Waals surface area contributed by atoms with Crippen LogP contribution in [-0.4, -0.2) is 13.7 Å². The van der Waals surface area contributed by atoms with Gasteiger partial charge in [-0.25, -0.2) is 4.79 Å². The Balaban J connectivity index is 1.91. The van der Waals surface area contributed by atoms with E-state index in [0.717, 1.165) is 39.3 Å². The topological polar surface area (TPSA) is 58.2 Å². The predicted molar refractivity (Wildman–Crippen MR) is 143 cm³/mol. The Bertz CT molecular complexity index is 1830. The van der Waals surface area contributed by atoms with Crippen LogP contribution in [0.15, 0.2) is 76.3 Å². The van der Waals surface area contributed by atoms with Crippen molar-refractivity contribution in [2.45, 2.75) is 20.0 Å². The maximum absolute atomic E-state index is 13.8. The summed E-state index contributed by atoms with van der Waals surface area (Å²) < 4.78 is 11.4. The average Bonchev–Trinajstić information content (AvgIpc) is 3.23. The van der Waals surface area contributed by atoms with Gasteiger partial charge >= 0.3 is 5.69 Å². The van der Waals surface area contributed by atoms with Crippen molar-refractivity contribution < 1.29 is 4.74 Å². The third kappa shape index (κ3) is 3.04. The van der Waals surface area contributed by atoms with Crippen LogP contribution in [0.5, 0.6) is 5.75 Å². The first kappa shape index (κ1) is 22.4. The normalized spacial score (nSPS) is 14.4. The van der Waals surface area contributed by atoms with Gasteiger partial charge in [-0.15, -0.1) is 0 Å². The van der Waals surface area contributed by atoms with Gasteiger partial charge < -0.3 is 9.30 Å². The van der Waals surface area contributed by atoms with Crippen LogP contribution in [0.3, 0.4) is 0 Å². The lowest BCUT2D eigenvalue weighted by molar-refractivity contribution is 0.228. The van der Waals surface area contributed by atoms with E-state index in [1.165, 1.54) is 11.6 Å². The molecular formula is C29H24ClN3O3. The summed E-state index contributed by atoms with van der Waals surface area (Å²) in [4.78, 5) is 26.9. The summed E-state index contributed by atoms with van der Waals surface area (Å²) in [6.45, 7) is 4.05. The lowest BCUT2D eigenvalue weighted by atomic mass is 9.99. The molecule has 0 radical (unpaired) electrons. The molecule has 1 aliphatic rings. The van der Waals surface area contributed by atoms with Crippen molar-refractivity contribution in [2.24, 2.45) is 14.1 Å². The van der Waals surface area contributed by atoms with Crippen LogP contribution in [0.4, 0.5) is 0 Å². The first-order chi connectivity index (χ1) is 17.3. The highest BCUT2D eigenvalue weighted by atomic mass is 35.5. The minimum absolute atomic E-state index is 0.347. The molecule has 0 fully saturated rings. The van der Waals surface area contributed by atoms with Crippen molar-refractivity contribution in [2.75, 3.05) is 0 Å². The fraction of sp³-hybridized carbons (Fsp3) is 0.172. The number of rotatable bonds is 2. The van der Waals surface area contributed by atoms with Crippen LogP contribution in [0.1, 0.15) is 28.5 Å². The second-order valence-electron chi connectivity index (χ2n) is 9.28. The molecule has 6 rings (SSSR count). The number of hydrogen-bond acceptors (Lipinski definition) is 3. The molecule has 5 aromatic rings. The largest absolute Gasteiger partial charge is 0.477 e. The maximum atomic E-state index is 13.8. The number of ether oxygens (including phenoxy) is 1. The van der Waals surface area contributed by atoms with Gasteiger partial charge in [0, 0.05) is 30.2 Å². The molecule has 1 aliphatic heterocycles. The number of halogens is 1. The molecule has 2 aromatic heterocycles. The summed E-state index contributed by atoms with van der Waals surface area (Å²) in [6.07, 6.45) is -0.544. The van der Waals surface area contributed by atoms with Crippen molar-refractivity contribution in [3.8, 4) is 22.7 Å². The summed E-state index contributed by atoms with van der Waals surface area (Å²) in [6, 6.07) is 21.5. The zero-order chi connectivity index (χ0) is 25.3. The quantitative estimate of drug-likeness (QED) is 0.326. The molecule has 0 amide bonds. The molecule has 0 N–H and O–H groups in total. The van der Waals surface area contributed by atoms with Gasteiger partial charge in [0.05, 0.1) is 28.0 Å². The SMILES string of the molecule is Cc1ccccc1-c1c2c(=O)n(C)c(=O)n(C)c2c2n1-c1cc(Cl)ccc1O[C@@H]2c1ccccc1C. The summed E-state index contributed by atoms with van der Waals surface area (Å²) in [5.74, 6) is 0.650. The third-order valence-corrected chi connectivity index (χ3v) is 7.37. The van der Waals surface area contributed by atoms with Gasteiger partial charge in [0.1, 0.15) is 5.75 Å². The van der Waals surface area contributed by atoms with Gasteiger partial charge in [0.2, 0.25) is 0 Å². The van der Waals surface area contributed by atoms with E-state index in [0.29, 0.717) is 21.7 Å². The van der Waals surface area contributed by atoms with E-state index in [4.69, 9.17) is 16.3 Å². The van der Waals surface area contributed by atoms with E-state index in [1.807, 2.05) is 74.5 Å². The number of aryl methyl sites for hydroxylation is 3. The first-order valence-corrected chi connectivity index (χ1v) is 12.1. The lowest BCUT2D eigenvalue weighted by Crippen LogP contribution is -2.37. The van der Waals surface area contributed by atoms with E-state index < -0.39 is 11.8 Å². The first-order valence-electron chi connectivity index (χ1n) is 11.7. The van der Waals surface area contributed by atoms with Crippen molar-refractivity contribution >= 4 is 22.5 Å². The lowest BCUT2D eigenvalue weighted by Gasteiger charge is -2.31. The van der Waals surface area contributed by atoms with Crippen LogP contribution in [0.25, 0.3) is 27.8 Å². The Morgan fingerprint density at radius 3 is 2.28 bits per heavy atom. The molecule has 0 unspecified atom stereocenters. The molecule has 1 atom stereocenters. The Kier molecular flexibility index (Phi) is 4.99. The molecule has 0 aliphatic carbocycles. The minimum Gasteiger partial charge on any atom is -0.477 e. The highest BCUT2D eigenvalue weighted by Gasteiger charge is 2.37. The van der Waals surface area contributed by atoms with Crippen LogP contribution in [0.2, 0.25) is 5.02 Å². The monoisotopic (exact) mass is 497 g/mol. The summed E-state index contributed by atoms with van der Waals surface area (Å²) in [7, 11) is 3.22. The van der Waals surface area contributed by atoms with Gasteiger partial charge in [-0.2, -0.15) is 0 Å². The van der Waals surface area contributed by atoms with Gasteiger partial charge in [-0.05, 0) is 43.2 Å². The Morgan fingerprint density at radius 2 is 1.56 bits per heavy atom. The zero-order valence-electron chi connectivity index (χ0n) is 20.4. The molecule has 3 aromatic carbocycles. The molecule has 6 nitrogen and oxygen atoms in total. The second-order valence-corrected chi connectivity index (χ2v) is 9.72. The third-order valence-electron chi connectivity index (χ3n) is 7.13. The van der Waals surface area contributed by atoms with Crippen molar-refractivity contribution in [3.05, 3.63) is 115 Å². The Labute approximate surface area is 212 Å². The van der Waals surface area contributed by atoms with E-state index in [2.05, 4.69) is 4.57 Å². The van der Waals surface area contributed by atoms with Gasteiger partial charge in [0.15, 0.2) is 6.10 Å².